The molecule has 1 aromatic rings. The summed E-state index contributed by atoms with van der Waals surface area (Å²) in [4.78, 5) is 23.3. The SMILES string of the molecule is CC(C)CCOc1ccc(C(C)NC(=O)C2(C(=O)O)CC2)cc1. The Kier molecular flexibility index (Phi) is 5.29. The summed E-state index contributed by atoms with van der Waals surface area (Å²) < 4.78 is 5.66. The van der Waals surface area contributed by atoms with E-state index < -0.39 is 17.3 Å². The van der Waals surface area contributed by atoms with Crippen LogP contribution in [0.3, 0.4) is 0 Å². The fourth-order valence-corrected chi connectivity index (χ4v) is 2.35. The number of hydrogen-bond donors (Lipinski definition) is 2. The van der Waals surface area contributed by atoms with Crippen molar-refractivity contribution in [3.8, 4) is 5.75 Å². The molecule has 0 radical (unpaired) electrons. The van der Waals surface area contributed by atoms with Gasteiger partial charge in [-0.05, 0) is 49.8 Å². The van der Waals surface area contributed by atoms with Gasteiger partial charge in [0.25, 0.3) is 0 Å². The fourth-order valence-electron chi connectivity index (χ4n) is 2.35. The van der Waals surface area contributed by atoms with E-state index in [0.29, 0.717) is 25.4 Å². The highest BCUT2D eigenvalue weighted by molar-refractivity contribution is 6.04. The van der Waals surface area contributed by atoms with Crippen molar-refractivity contribution in [2.75, 3.05) is 6.61 Å². The van der Waals surface area contributed by atoms with Crippen LogP contribution in [0, 0.1) is 11.3 Å². The number of hydrogen-bond acceptors (Lipinski definition) is 3. The lowest BCUT2D eigenvalue weighted by molar-refractivity contribution is -0.149. The summed E-state index contributed by atoms with van der Waals surface area (Å²) in [6.07, 6.45) is 1.85. The zero-order chi connectivity index (χ0) is 17.0. The van der Waals surface area contributed by atoms with Crippen LogP contribution in [-0.4, -0.2) is 23.6 Å². The second-order valence-electron chi connectivity index (χ2n) is 6.68. The standard InChI is InChI=1S/C18H25NO4/c1-12(2)8-11-23-15-6-4-14(5-7-15)13(3)19-16(20)18(9-10-18)17(21)22/h4-7,12-13H,8-11H2,1-3H3,(H,19,20)(H,21,22). The van der Waals surface area contributed by atoms with Crippen molar-refractivity contribution in [1.29, 1.82) is 0 Å². The average molecular weight is 319 g/mol. The number of rotatable bonds is 8. The molecule has 0 heterocycles. The molecule has 1 atom stereocenters. The van der Waals surface area contributed by atoms with Gasteiger partial charge in [-0.3, -0.25) is 9.59 Å². The van der Waals surface area contributed by atoms with E-state index in [1.54, 1.807) is 0 Å². The molecule has 0 bridgehead atoms. The fraction of sp³-hybridized carbons (Fsp3) is 0.556. The number of benzene rings is 1. The second-order valence-corrected chi connectivity index (χ2v) is 6.68. The molecule has 1 aromatic carbocycles. The monoisotopic (exact) mass is 319 g/mol. The predicted octanol–water partition coefficient (Wildman–Crippen LogP) is 3.15. The number of ether oxygens (including phenoxy) is 1. The van der Waals surface area contributed by atoms with Crippen LogP contribution in [0.1, 0.15) is 51.6 Å². The van der Waals surface area contributed by atoms with Crippen LogP contribution >= 0.6 is 0 Å². The Hall–Kier alpha value is -2.04. The molecule has 1 amide bonds. The summed E-state index contributed by atoms with van der Waals surface area (Å²) in [5, 5.41) is 11.9. The highest BCUT2D eigenvalue weighted by Crippen LogP contribution is 2.46. The van der Waals surface area contributed by atoms with Gasteiger partial charge >= 0.3 is 5.97 Å². The van der Waals surface area contributed by atoms with Gasteiger partial charge in [-0.1, -0.05) is 26.0 Å². The Labute approximate surface area is 137 Å². The Bertz CT molecular complexity index is 561. The van der Waals surface area contributed by atoms with Crippen LogP contribution in [-0.2, 0) is 9.59 Å². The summed E-state index contributed by atoms with van der Waals surface area (Å²) in [6, 6.07) is 7.32. The molecule has 0 aliphatic heterocycles. The van der Waals surface area contributed by atoms with Gasteiger partial charge in [-0.15, -0.1) is 0 Å². The van der Waals surface area contributed by atoms with E-state index >= 15 is 0 Å². The van der Waals surface area contributed by atoms with E-state index in [0.717, 1.165) is 17.7 Å². The first-order chi connectivity index (χ1) is 10.8. The first-order valence-electron chi connectivity index (χ1n) is 8.12. The van der Waals surface area contributed by atoms with Crippen molar-refractivity contribution in [3.63, 3.8) is 0 Å². The van der Waals surface area contributed by atoms with Crippen molar-refractivity contribution < 1.29 is 19.4 Å². The van der Waals surface area contributed by atoms with Crippen LogP contribution in [0.25, 0.3) is 0 Å². The molecular formula is C18H25NO4. The van der Waals surface area contributed by atoms with Gasteiger partial charge in [0.1, 0.15) is 11.2 Å². The smallest absolute Gasteiger partial charge is 0.319 e. The van der Waals surface area contributed by atoms with Gasteiger partial charge in [0.15, 0.2) is 0 Å². The maximum Gasteiger partial charge on any atom is 0.319 e. The molecule has 126 valence electrons. The zero-order valence-corrected chi connectivity index (χ0v) is 14.0. The van der Waals surface area contributed by atoms with E-state index in [1.807, 2.05) is 31.2 Å². The molecule has 1 fully saturated rings. The van der Waals surface area contributed by atoms with Gasteiger partial charge in [0.2, 0.25) is 5.91 Å². The number of carbonyl (C=O) groups is 2. The van der Waals surface area contributed by atoms with E-state index in [-0.39, 0.29) is 6.04 Å². The van der Waals surface area contributed by atoms with E-state index in [9.17, 15) is 9.59 Å². The number of nitrogens with one attached hydrogen (secondary N) is 1. The number of aliphatic carboxylic acids is 1. The minimum Gasteiger partial charge on any atom is -0.494 e. The third kappa shape index (κ3) is 4.24. The van der Waals surface area contributed by atoms with Crippen LogP contribution in [0.5, 0.6) is 5.75 Å². The van der Waals surface area contributed by atoms with Gasteiger partial charge in [0, 0.05) is 0 Å². The summed E-state index contributed by atoms with van der Waals surface area (Å²) in [5.41, 5.74) is -0.274. The minimum absolute atomic E-state index is 0.232. The molecule has 1 unspecified atom stereocenters. The van der Waals surface area contributed by atoms with Gasteiger partial charge in [-0.25, -0.2) is 0 Å². The zero-order valence-electron chi connectivity index (χ0n) is 14.0. The van der Waals surface area contributed by atoms with Crippen molar-refractivity contribution >= 4 is 11.9 Å². The minimum atomic E-state index is -1.20. The molecule has 5 nitrogen and oxygen atoms in total. The Morgan fingerprint density at radius 1 is 1.22 bits per heavy atom. The average Bonchev–Trinajstić information content (AvgIpc) is 3.29. The molecule has 5 heteroatoms. The maximum absolute atomic E-state index is 12.1. The third-order valence-corrected chi connectivity index (χ3v) is 4.29. The van der Waals surface area contributed by atoms with Crippen LogP contribution < -0.4 is 10.1 Å². The lowest BCUT2D eigenvalue weighted by atomic mass is 10.0. The number of carboxylic acids is 1. The maximum atomic E-state index is 12.1. The number of carbonyl (C=O) groups excluding carboxylic acids is 1. The summed E-state index contributed by atoms with van der Waals surface area (Å²) in [7, 11) is 0. The predicted molar refractivity (Wildman–Crippen MR) is 87.3 cm³/mol. The molecule has 2 rings (SSSR count). The quantitative estimate of drug-likeness (QED) is 0.722. The number of amides is 1. The largest absolute Gasteiger partial charge is 0.494 e. The lowest BCUT2D eigenvalue weighted by Gasteiger charge is -2.18. The Morgan fingerprint density at radius 3 is 2.30 bits per heavy atom. The van der Waals surface area contributed by atoms with Crippen molar-refractivity contribution in [2.45, 2.75) is 46.1 Å². The Morgan fingerprint density at radius 2 is 1.83 bits per heavy atom. The molecule has 2 N–H and O–H groups in total. The van der Waals surface area contributed by atoms with Crippen molar-refractivity contribution in [2.24, 2.45) is 11.3 Å². The second kappa shape index (κ2) is 7.02. The van der Waals surface area contributed by atoms with E-state index in [2.05, 4.69) is 19.2 Å². The van der Waals surface area contributed by atoms with Crippen LogP contribution in [0.4, 0.5) is 0 Å². The summed E-state index contributed by atoms with van der Waals surface area (Å²) >= 11 is 0. The van der Waals surface area contributed by atoms with Gasteiger partial charge in [0.05, 0.1) is 12.6 Å². The van der Waals surface area contributed by atoms with Gasteiger partial charge < -0.3 is 15.2 Å². The van der Waals surface area contributed by atoms with Gasteiger partial charge in [-0.2, -0.15) is 0 Å². The lowest BCUT2D eigenvalue weighted by Crippen LogP contribution is -2.38. The molecule has 23 heavy (non-hydrogen) atoms. The normalized spacial score (nSPS) is 16.7. The molecule has 1 aliphatic carbocycles. The van der Waals surface area contributed by atoms with E-state index in [4.69, 9.17) is 9.84 Å². The third-order valence-electron chi connectivity index (χ3n) is 4.29. The highest BCUT2D eigenvalue weighted by Gasteiger charge is 2.57. The Balaban J connectivity index is 1.89. The molecule has 0 saturated heterocycles. The first kappa shape index (κ1) is 17.3. The molecular weight excluding hydrogens is 294 g/mol. The van der Waals surface area contributed by atoms with Crippen LogP contribution in [0.15, 0.2) is 24.3 Å². The summed E-state index contributed by atoms with van der Waals surface area (Å²) in [5.74, 6) is -0.0172. The summed E-state index contributed by atoms with van der Waals surface area (Å²) in [6.45, 7) is 6.84. The molecule has 1 aliphatic rings. The molecule has 0 aromatic heterocycles. The van der Waals surface area contributed by atoms with Crippen LogP contribution in [0.2, 0.25) is 0 Å². The molecule has 1 saturated carbocycles. The first-order valence-corrected chi connectivity index (χ1v) is 8.12. The molecule has 0 spiro atoms. The van der Waals surface area contributed by atoms with Crippen molar-refractivity contribution in [3.05, 3.63) is 29.8 Å². The number of carboxylic acid groups (broad SMARTS) is 1. The van der Waals surface area contributed by atoms with E-state index in [1.165, 1.54) is 0 Å². The van der Waals surface area contributed by atoms with Crippen molar-refractivity contribution in [1.82, 2.24) is 5.32 Å². The highest BCUT2D eigenvalue weighted by atomic mass is 16.5. The topological polar surface area (TPSA) is 75.6 Å².